The van der Waals surface area contributed by atoms with E-state index in [0.717, 1.165) is 47.5 Å². The summed E-state index contributed by atoms with van der Waals surface area (Å²) in [5.41, 5.74) is 5.58. The first-order valence-corrected chi connectivity index (χ1v) is 10.3. The summed E-state index contributed by atoms with van der Waals surface area (Å²) in [4.78, 5) is 7.01. The summed E-state index contributed by atoms with van der Waals surface area (Å²) in [6, 6.07) is 14.4. The third-order valence-electron chi connectivity index (χ3n) is 5.42. The van der Waals surface area contributed by atoms with E-state index in [9.17, 15) is 0 Å². The monoisotopic (exact) mass is 411 g/mol. The molecule has 0 spiro atoms. The lowest BCUT2D eigenvalue weighted by atomic mass is 10.1. The molecule has 6 heteroatoms. The maximum Gasteiger partial charge on any atom is 0.136 e. The van der Waals surface area contributed by atoms with Gasteiger partial charge in [0.05, 0.1) is 31.5 Å². The average Bonchev–Trinajstić information content (AvgIpc) is 2.75. The number of nitrogens with one attached hydrogen (secondary N) is 1. The first kappa shape index (κ1) is 20.0. The number of anilines is 1. The van der Waals surface area contributed by atoms with Gasteiger partial charge in [0.15, 0.2) is 0 Å². The van der Waals surface area contributed by atoms with Gasteiger partial charge in [0.25, 0.3) is 0 Å². The van der Waals surface area contributed by atoms with Gasteiger partial charge in [0.1, 0.15) is 10.9 Å². The molecule has 0 saturated carbocycles. The normalized spacial score (nSPS) is 14.4. The lowest BCUT2D eigenvalue weighted by molar-refractivity contribution is 0.122. The highest BCUT2D eigenvalue weighted by atomic mass is 35.5. The number of aromatic nitrogens is 1. The highest BCUT2D eigenvalue weighted by Crippen LogP contribution is 2.36. The highest BCUT2D eigenvalue weighted by molar-refractivity contribution is 6.31. The SMILES string of the molecule is COc1ccc2nc(Cl)c(CNCc3ccccc3C)c(N3CCOCC3)c2c1. The Morgan fingerprint density at radius 2 is 1.93 bits per heavy atom. The number of halogens is 1. The average molecular weight is 412 g/mol. The second-order valence-corrected chi connectivity index (χ2v) is 7.60. The van der Waals surface area contributed by atoms with Crippen molar-refractivity contribution >= 4 is 28.2 Å². The Morgan fingerprint density at radius 3 is 2.69 bits per heavy atom. The molecule has 1 aliphatic rings. The Kier molecular flexibility index (Phi) is 6.19. The molecule has 0 radical (unpaired) electrons. The third-order valence-corrected chi connectivity index (χ3v) is 5.73. The van der Waals surface area contributed by atoms with Crippen molar-refractivity contribution in [1.29, 1.82) is 0 Å². The number of nitrogens with zero attached hydrogens (tertiary/aromatic N) is 2. The maximum atomic E-state index is 6.67. The number of methoxy groups -OCH3 is 1. The summed E-state index contributed by atoms with van der Waals surface area (Å²) in [6.07, 6.45) is 0. The molecule has 0 aliphatic carbocycles. The van der Waals surface area contributed by atoms with Crippen LogP contribution in [-0.4, -0.2) is 38.4 Å². The topological polar surface area (TPSA) is 46.6 Å². The fraction of sp³-hybridized carbons (Fsp3) is 0.348. The van der Waals surface area contributed by atoms with Crippen molar-refractivity contribution in [3.63, 3.8) is 0 Å². The van der Waals surface area contributed by atoms with Gasteiger partial charge in [0, 0.05) is 37.1 Å². The van der Waals surface area contributed by atoms with Crippen LogP contribution in [0.4, 0.5) is 5.69 Å². The van der Waals surface area contributed by atoms with Gasteiger partial charge < -0.3 is 19.7 Å². The van der Waals surface area contributed by atoms with Crippen LogP contribution in [0.1, 0.15) is 16.7 Å². The smallest absolute Gasteiger partial charge is 0.136 e. The predicted molar refractivity (Wildman–Crippen MR) is 118 cm³/mol. The summed E-state index contributed by atoms with van der Waals surface area (Å²) < 4.78 is 11.0. The molecular formula is C23H26ClN3O2. The number of pyridine rings is 1. The van der Waals surface area contributed by atoms with E-state index in [2.05, 4.69) is 46.4 Å². The van der Waals surface area contributed by atoms with Crippen LogP contribution in [0.3, 0.4) is 0 Å². The molecule has 1 saturated heterocycles. The molecule has 1 N–H and O–H groups in total. The zero-order chi connectivity index (χ0) is 20.2. The number of hydrogen-bond acceptors (Lipinski definition) is 5. The molecular weight excluding hydrogens is 386 g/mol. The van der Waals surface area contributed by atoms with E-state index in [1.54, 1.807) is 7.11 Å². The molecule has 3 aromatic rings. The Hall–Kier alpha value is -2.34. The molecule has 1 aliphatic heterocycles. The van der Waals surface area contributed by atoms with E-state index in [4.69, 9.17) is 21.1 Å². The van der Waals surface area contributed by atoms with Gasteiger partial charge in [-0.3, -0.25) is 0 Å². The van der Waals surface area contributed by atoms with Crippen LogP contribution in [0.2, 0.25) is 5.15 Å². The molecule has 1 fully saturated rings. The zero-order valence-corrected chi connectivity index (χ0v) is 17.6. The number of aryl methyl sites for hydroxylation is 1. The lowest BCUT2D eigenvalue weighted by Gasteiger charge is -2.32. The first-order chi connectivity index (χ1) is 14.2. The summed E-state index contributed by atoms with van der Waals surface area (Å²) in [5, 5.41) is 5.16. The fourth-order valence-electron chi connectivity index (χ4n) is 3.80. The van der Waals surface area contributed by atoms with Crippen molar-refractivity contribution in [2.75, 3.05) is 38.3 Å². The predicted octanol–water partition coefficient (Wildman–Crippen LogP) is 4.33. The minimum atomic E-state index is 0.543. The number of rotatable bonds is 6. The molecule has 5 nitrogen and oxygen atoms in total. The zero-order valence-electron chi connectivity index (χ0n) is 16.9. The third kappa shape index (κ3) is 4.32. The van der Waals surface area contributed by atoms with Gasteiger partial charge in [0.2, 0.25) is 0 Å². The maximum absolute atomic E-state index is 6.67. The van der Waals surface area contributed by atoms with Crippen LogP contribution in [-0.2, 0) is 17.8 Å². The van der Waals surface area contributed by atoms with E-state index in [0.29, 0.717) is 24.9 Å². The van der Waals surface area contributed by atoms with Crippen molar-refractivity contribution in [1.82, 2.24) is 10.3 Å². The van der Waals surface area contributed by atoms with Crippen LogP contribution in [0, 0.1) is 6.92 Å². The first-order valence-electron chi connectivity index (χ1n) is 9.91. The second-order valence-electron chi connectivity index (χ2n) is 7.24. The van der Waals surface area contributed by atoms with Crippen molar-refractivity contribution in [3.05, 3.63) is 64.3 Å². The lowest BCUT2D eigenvalue weighted by Crippen LogP contribution is -2.37. The fourth-order valence-corrected chi connectivity index (χ4v) is 4.05. The van der Waals surface area contributed by atoms with E-state index in [1.807, 2.05) is 18.2 Å². The highest BCUT2D eigenvalue weighted by Gasteiger charge is 2.21. The molecule has 0 unspecified atom stereocenters. The summed E-state index contributed by atoms with van der Waals surface area (Å²) in [5.74, 6) is 0.815. The number of hydrogen-bond donors (Lipinski definition) is 1. The Balaban J connectivity index is 1.70. The Morgan fingerprint density at radius 1 is 1.14 bits per heavy atom. The quantitative estimate of drug-likeness (QED) is 0.611. The second kappa shape index (κ2) is 8.99. The molecule has 29 heavy (non-hydrogen) atoms. The van der Waals surface area contributed by atoms with E-state index in [-0.39, 0.29) is 0 Å². The Labute approximate surface area is 176 Å². The summed E-state index contributed by atoms with van der Waals surface area (Å²) in [7, 11) is 1.68. The van der Waals surface area contributed by atoms with Crippen LogP contribution in [0.5, 0.6) is 5.75 Å². The van der Waals surface area contributed by atoms with Gasteiger partial charge in [-0.05, 0) is 36.2 Å². The van der Waals surface area contributed by atoms with E-state index >= 15 is 0 Å². The largest absolute Gasteiger partial charge is 0.497 e. The van der Waals surface area contributed by atoms with Crippen molar-refractivity contribution in [3.8, 4) is 5.75 Å². The molecule has 4 rings (SSSR count). The number of fused-ring (bicyclic) bond motifs is 1. The van der Waals surface area contributed by atoms with E-state index < -0.39 is 0 Å². The molecule has 0 atom stereocenters. The van der Waals surface area contributed by atoms with Gasteiger partial charge in [-0.15, -0.1) is 0 Å². The molecule has 1 aromatic heterocycles. The van der Waals surface area contributed by atoms with Gasteiger partial charge in [-0.1, -0.05) is 35.9 Å². The standard InChI is InChI=1S/C23H26ClN3O2/c1-16-5-3-4-6-17(16)14-25-15-20-22(27-9-11-29-12-10-27)19-13-18(28-2)7-8-21(19)26-23(20)24/h3-8,13,25H,9-12,14-15H2,1-2H3. The molecule has 0 bridgehead atoms. The molecule has 2 heterocycles. The molecule has 2 aromatic carbocycles. The minimum Gasteiger partial charge on any atom is -0.497 e. The molecule has 152 valence electrons. The number of ether oxygens (including phenoxy) is 2. The van der Waals surface area contributed by atoms with Crippen LogP contribution < -0.4 is 15.0 Å². The molecule has 0 amide bonds. The summed E-state index contributed by atoms with van der Waals surface area (Å²) in [6.45, 7) is 6.63. The van der Waals surface area contributed by atoms with Gasteiger partial charge in [-0.2, -0.15) is 0 Å². The van der Waals surface area contributed by atoms with E-state index in [1.165, 1.54) is 11.1 Å². The van der Waals surface area contributed by atoms with Crippen molar-refractivity contribution in [2.45, 2.75) is 20.0 Å². The summed E-state index contributed by atoms with van der Waals surface area (Å²) >= 11 is 6.67. The van der Waals surface area contributed by atoms with Crippen LogP contribution >= 0.6 is 11.6 Å². The van der Waals surface area contributed by atoms with Crippen molar-refractivity contribution in [2.24, 2.45) is 0 Å². The van der Waals surface area contributed by atoms with Gasteiger partial charge in [-0.25, -0.2) is 4.98 Å². The van der Waals surface area contributed by atoms with Gasteiger partial charge >= 0.3 is 0 Å². The van der Waals surface area contributed by atoms with Crippen LogP contribution in [0.25, 0.3) is 10.9 Å². The van der Waals surface area contributed by atoms with Crippen molar-refractivity contribution < 1.29 is 9.47 Å². The minimum absolute atomic E-state index is 0.543. The number of benzene rings is 2. The number of morpholine rings is 1. The van der Waals surface area contributed by atoms with Crippen LogP contribution in [0.15, 0.2) is 42.5 Å². The Bertz CT molecular complexity index is 1000.